The lowest BCUT2D eigenvalue weighted by atomic mass is 10.0. The van der Waals surface area contributed by atoms with Crippen LogP contribution in [0.1, 0.15) is 19.5 Å². The summed E-state index contributed by atoms with van der Waals surface area (Å²) in [6.45, 7) is 2.68. The Balaban J connectivity index is 1.34. The van der Waals surface area contributed by atoms with Crippen molar-refractivity contribution in [2.45, 2.75) is 37.4 Å². The van der Waals surface area contributed by atoms with Crippen molar-refractivity contribution in [3.8, 4) is 11.3 Å². The average Bonchev–Trinajstić information content (AvgIpc) is 3.60. The molecule has 1 unspecified atom stereocenters. The van der Waals surface area contributed by atoms with Gasteiger partial charge in [0.2, 0.25) is 5.60 Å². The molecule has 5 rings (SSSR count). The van der Waals surface area contributed by atoms with Crippen molar-refractivity contribution in [1.29, 1.82) is 0 Å². The maximum absolute atomic E-state index is 13.2. The van der Waals surface area contributed by atoms with Crippen LogP contribution < -0.4 is 11.1 Å². The largest absolute Gasteiger partial charge is 0.478 e. The number of thioether (sulfide) groups is 1. The van der Waals surface area contributed by atoms with E-state index in [1.807, 2.05) is 6.07 Å². The zero-order valence-corrected chi connectivity index (χ0v) is 23.8. The summed E-state index contributed by atoms with van der Waals surface area (Å²) < 4.78 is 1.73. The van der Waals surface area contributed by atoms with Gasteiger partial charge in [-0.3, -0.25) is 19.5 Å². The van der Waals surface area contributed by atoms with E-state index in [2.05, 4.69) is 25.4 Å². The third-order valence-electron chi connectivity index (χ3n) is 6.36. The molecule has 15 nitrogen and oxygen atoms in total. The van der Waals surface area contributed by atoms with E-state index in [1.54, 1.807) is 35.6 Å². The van der Waals surface area contributed by atoms with Crippen molar-refractivity contribution < 1.29 is 34.2 Å². The summed E-state index contributed by atoms with van der Waals surface area (Å²) in [6, 6.07) is 2.57. The molecule has 0 spiro atoms. The molecule has 5 N–H and O–H groups in total. The fraction of sp³-hybridized carbons (Fsp3) is 0.280. The number of carboxylic acids is 2. The van der Waals surface area contributed by atoms with Gasteiger partial charge < -0.3 is 30.7 Å². The highest BCUT2D eigenvalue weighted by Gasteiger charge is 2.54. The maximum Gasteiger partial charge on any atom is 0.352 e. The first-order chi connectivity index (χ1) is 20.0. The number of hydrogen-bond acceptors (Lipinski definition) is 12. The van der Waals surface area contributed by atoms with Gasteiger partial charge in [-0.1, -0.05) is 5.16 Å². The standard InChI is InChI=1S/C25H24N8O7S2/c1-25(2,23(38)39)40-31-16(15-10-42-24(26)29-15)19(34)30-17-20(35)33-18(22(36)37)13(9-41-21(17)33)7-32-8-14(28-11-32)12-4-3-5-27-6-12/h3-6,8,10-11,17,21H,7,9H2,1-2H3,(H2,26,29)(H,30,34)(H,36,37)(H,38,39)/b31-16-/t17-,21?/m1/s1. The van der Waals surface area contributed by atoms with Gasteiger partial charge in [0, 0.05) is 41.8 Å². The Morgan fingerprint density at radius 3 is 2.74 bits per heavy atom. The predicted octanol–water partition coefficient (Wildman–Crippen LogP) is 1.01. The average molecular weight is 613 g/mol. The zero-order chi connectivity index (χ0) is 30.2. The predicted molar refractivity (Wildman–Crippen MR) is 151 cm³/mol. The summed E-state index contributed by atoms with van der Waals surface area (Å²) in [5.41, 5.74) is 5.38. The summed E-state index contributed by atoms with van der Waals surface area (Å²) in [7, 11) is 0. The summed E-state index contributed by atoms with van der Waals surface area (Å²) >= 11 is 2.32. The monoisotopic (exact) mass is 612 g/mol. The number of anilines is 1. The van der Waals surface area contributed by atoms with Crippen molar-refractivity contribution in [2.24, 2.45) is 5.16 Å². The number of thiazole rings is 1. The van der Waals surface area contributed by atoms with E-state index in [4.69, 9.17) is 10.6 Å². The van der Waals surface area contributed by atoms with E-state index >= 15 is 0 Å². The van der Waals surface area contributed by atoms with Gasteiger partial charge in [-0.25, -0.2) is 19.6 Å². The third kappa shape index (κ3) is 5.55. The molecule has 2 amide bonds. The molecular formula is C25H24N8O7S2. The van der Waals surface area contributed by atoms with Crippen molar-refractivity contribution in [3.63, 3.8) is 0 Å². The Morgan fingerprint density at radius 2 is 2.10 bits per heavy atom. The number of carbonyl (C=O) groups is 4. The number of nitrogen functional groups attached to an aromatic ring is 1. The number of nitrogens with two attached hydrogens (primary N) is 1. The van der Waals surface area contributed by atoms with Gasteiger partial charge in [-0.2, -0.15) is 0 Å². The van der Waals surface area contributed by atoms with Gasteiger partial charge in [-0.15, -0.1) is 23.1 Å². The van der Waals surface area contributed by atoms with Crippen LogP contribution in [0.5, 0.6) is 0 Å². The number of fused-ring (bicyclic) bond motifs is 1. The lowest BCUT2D eigenvalue weighted by molar-refractivity contribution is -0.161. The van der Waals surface area contributed by atoms with Crippen LogP contribution in [0.25, 0.3) is 11.3 Å². The second kappa shape index (κ2) is 11.2. The Labute approximate surface area is 246 Å². The second-order valence-electron chi connectivity index (χ2n) is 9.71. The zero-order valence-electron chi connectivity index (χ0n) is 22.1. The molecule has 0 aliphatic carbocycles. The highest BCUT2D eigenvalue weighted by molar-refractivity contribution is 8.00. The van der Waals surface area contributed by atoms with E-state index in [0.717, 1.165) is 21.8 Å². The van der Waals surface area contributed by atoms with Crippen LogP contribution in [0.4, 0.5) is 5.13 Å². The van der Waals surface area contributed by atoms with Gasteiger partial charge in [0.15, 0.2) is 10.8 Å². The molecule has 0 bridgehead atoms. The van der Waals surface area contributed by atoms with Crippen LogP contribution in [0.2, 0.25) is 0 Å². The Kier molecular flexibility index (Phi) is 7.70. The molecule has 2 aliphatic heterocycles. The number of oxime groups is 1. The van der Waals surface area contributed by atoms with Gasteiger partial charge in [0.05, 0.1) is 12.0 Å². The minimum atomic E-state index is -1.76. The molecule has 0 aromatic carbocycles. The quantitative estimate of drug-likeness (QED) is 0.143. The Hall–Kier alpha value is -4.77. The van der Waals surface area contributed by atoms with Crippen LogP contribution in [0, 0.1) is 0 Å². The third-order valence-corrected chi connectivity index (χ3v) is 8.37. The lowest BCUT2D eigenvalue weighted by Crippen LogP contribution is -2.71. The van der Waals surface area contributed by atoms with Gasteiger partial charge in [-0.05, 0) is 31.6 Å². The van der Waals surface area contributed by atoms with Crippen LogP contribution in [0.3, 0.4) is 0 Å². The fourth-order valence-corrected chi connectivity index (χ4v) is 6.03. The summed E-state index contributed by atoms with van der Waals surface area (Å²) in [5, 5.41) is 26.5. The molecule has 3 aromatic rings. The summed E-state index contributed by atoms with van der Waals surface area (Å²) in [5.74, 6) is -3.80. The molecule has 1 fully saturated rings. The maximum atomic E-state index is 13.2. The fourth-order valence-electron chi connectivity index (χ4n) is 4.14. The molecule has 0 radical (unpaired) electrons. The molecule has 5 heterocycles. The van der Waals surface area contributed by atoms with Crippen molar-refractivity contribution >= 4 is 57.7 Å². The van der Waals surface area contributed by atoms with Crippen LogP contribution in [0.15, 0.2) is 58.9 Å². The number of aromatic nitrogens is 4. The van der Waals surface area contributed by atoms with E-state index in [0.29, 0.717) is 11.3 Å². The number of hydrogen-bond donors (Lipinski definition) is 4. The van der Waals surface area contributed by atoms with Gasteiger partial charge in [0.25, 0.3) is 11.8 Å². The molecule has 3 aromatic heterocycles. The van der Waals surface area contributed by atoms with E-state index in [1.165, 1.54) is 31.0 Å². The van der Waals surface area contributed by atoms with Gasteiger partial charge >= 0.3 is 11.9 Å². The Morgan fingerprint density at radius 1 is 1.31 bits per heavy atom. The molecule has 2 atom stereocenters. The topological polar surface area (TPSA) is 215 Å². The van der Waals surface area contributed by atoms with Gasteiger partial charge in [0.1, 0.15) is 22.8 Å². The minimum Gasteiger partial charge on any atom is -0.478 e. The van der Waals surface area contributed by atoms with E-state index in [9.17, 15) is 29.4 Å². The number of nitrogens with zero attached hydrogens (tertiary/aromatic N) is 6. The molecule has 1 saturated heterocycles. The van der Waals surface area contributed by atoms with Crippen LogP contribution >= 0.6 is 23.1 Å². The number of amides is 2. The minimum absolute atomic E-state index is 0.0236. The number of imidazole rings is 1. The first-order valence-electron chi connectivity index (χ1n) is 12.3. The summed E-state index contributed by atoms with van der Waals surface area (Å²) in [4.78, 5) is 68.9. The van der Waals surface area contributed by atoms with E-state index in [-0.39, 0.29) is 34.5 Å². The van der Waals surface area contributed by atoms with Crippen LogP contribution in [-0.4, -0.2) is 86.9 Å². The number of nitrogens with one attached hydrogen (secondary N) is 1. The Bertz CT molecular complexity index is 1630. The van der Waals surface area contributed by atoms with Crippen molar-refractivity contribution in [3.05, 3.63) is 59.4 Å². The molecule has 0 saturated carbocycles. The molecule has 17 heteroatoms. The first kappa shape index (κ1) is 28.7. The summed E-state index contributed by atoms with van der Waals surface area (Å²) in [6.07, 6.45) is 6.66. The highest BCUT2D eigenvalue weighted by Crippen LogP contribution is 2.41. The molecule has 42 heavy (non-hydrogen) atoms. The number of aliphatic carboxylic acids is 2. The highest BCUT2D eigenvalue weighted by atomic mass is 32.2. The lowest BCUT2D eigenvalue weighted by Gasteiger charge is -2.49. The smallest absolute Gasteiger partial charge is 0.352 e. The number of pyridine rings is 1. The van der Waals surface area contributed by atoms with Crippen molar-refractivity contribution in [1.82, 2.24) is 29.7 Å². The SMILES string of the molecule is CC(C)(O/N=C(\C(=O)N[C@@H]1C(=O)N2C(C(=O)O)=C(Cn3cnc(-c4cccnc4)c3)CSC12)c1csc(N)n1)C(=O)O. The van der Waals surface area contributed by atoms with Crippen molar-refractivity contribution in [2.75, 3.05) is 11.5 Å². The molecule has 2 aliphatic rings. The number of carboxylic acid groups (broad SMARTS) is 2. The number of β-lactam (4-membered cyclic amide) rings is 1. The normalized spacial score (nSPS) is 18.8. The number of rotatable bonds is 10. The molecule has 218 valence electrons. The second-order valence-corrected chi connectivity index (χ2v) is 11.7. The van der Waals surface area contributed by atoms with Crippen LogP contribution in [-0.2, 0) is 30.6 Å². The first-order valence-corrected chi connectivity index (χ1v) is 14.2. The van der Waals surface area contributed by atoms with E-state index < -0.39 is 40.8 Å². The molecular weight excluding hydrogens is 588 g/mol. The number of carbonyl (C=O) groups excluding carboxylic acids is 2.